The van der Waals surface area contributed by atoms with E-state index in [1.54, 1.807) is 30.3 Å². The number of hydrogen-bond donors (Lipinski definition) is 1. The Balaban J connectivity index is 1.80. The van der Waals surface area contributed by atoms with Crippen molar-refractivity contribution in [2.75, 3.05) is 10.8 Å². The first kappa shape index (κ1) is 34.9. The van der Waals surface area contributed by atoms with Crippen molar-refractivity contribution in [3.8, 4) is 0 Å². The lowest BCUT2D eigenvalue weighted by atomic mass is 10.0. The van der Waals surface area contributed by atoms with Crippen LogP contribution in [0.4, 0.5) is 5.69 Å². The third-order valence-electron chi connectivity index (χ3n) is 8.00. The van der Waals surface area contributed by atoms with Crippen LogP contribution in [0.25, 0.3) is 0 Å². The smallest absolute Gasteiger partial charge is 0.264 e. The molecule has 4 rings (SSSR count). The lowest BCUT2D eigenvalue weighted by Gasteiger charge is -2.34. The SMILES string of the molecule is CC[C@@H](C)NC(=O)[C@@H](Cc1ccccc1)N(Cc1ccc(Br)cc1)C(=O)CN(c1ccc(C(C)C)cc1)S(=O)(=O)c1ccccc1. The van der Waals surface area contributed by atoms with Gasteiger partial charge in [-0.1, -0.05) is 109 Å². The van der Waals surface area contributed by atoms with Crippen LogP contribution in [-0.4, -0.2) is 43.8 Å². The van der Waals surface area contributed by atoms with Crippen molar-refractivity contribution in [2.45, 2.75) is 70.0 Å². The zero-order valence-corrected chi connectivity index (χ0v) is 29.2. The van der Waals surface area contributed by atoms with Crippen LogP contribution in [0.3, 0.4) is 0 Å². The molecule has 7 nitrogen and oxygen atoms in total. The quantitative estimate of drug-likeness (QED) is 0.149. The van der Waals surface area contributed by atoms with Gasteiger partial charge in [0.15, 0.2) is 0 Å². The van der Waals surface area contributed by atoms with Crippen LogP contribution in [0, 0.1) is 0 Å². The minimum atomic E-state index is -4.14. The largest absolute Gasteiger partial charge is 0.352 e. The van der Waals surface area contributed by atoms with Crippen molar-refractivity contribution in [2.24, 2.45) is 0 Å². The molecule has 0 heterocycles. The third kappa shape index (κ3) is 9.07. The molecule has 242 valence electrons. The number of nitrogens with one attached hydrogen (secondary N) is 1. The number of sulfonamides is 1. The molecule has 0 aromatic heterocycles. The molecule has 0 spiro atoms. The van der Waals surface area contributed by atoms with Crippen molar-refractivity contribution in [3.63, 3.8) is 0 Å². The molecule has 0 unspecified atom stereocenters. The molecule has 46 heavy (non-hydrogen) atoms. The van der Waals surface area contributed by atoms with E-state index >= 15 is 0 Å². The number of benzene rings is 4. The van der Waals surface area contributed by atoms with Crippen LogP contribution in [-0.2, 0) is 32.6 Å². The number of anilines is 1. The van der Waals surface area contributed by atoms with E-state index in [4.69, 9.17) is 0 Å². The topological polar surface area (TPSA) is 86.8 Å². The lowest BCUT2D eigenvalue weighted by molar-refractivity contribution is -0.140. The highest BCUT2D eigenvalue weighted by molar-refractivity contribution is 9.10. The summed E-state index contributed by atoms with van der Waals surface area (Å²) in [6, 6.07) is 31.4. The normalized spacial score (nSPS) is 12.7. The maximum Gasteiger partial charge on any atom is 0.264 e. The molecule has 0 aliphatic heterocycles. The minimum absolute atomic E-state index is 0.0746. The summed E-state index contributed by atoms with van der Waals surface area (Å²) in [6.45, 7) is 7.66. The minimum Gasteiger partial charge on any atom is -0.352 e. The van der Waals surface area contributed by atoms with E-state index < -0.39 is 28.5 Å². The van der Waals surface area contributed by atoms with Crippen molar-refractivity contribution in [3.05, 3.63) is 130 Å². The van der Waals surface area contributed by atoms with Crippen molar-refractivity contribution < 1.29 is 18.0 Å². The Morgan fingerprint density at radius 1 is 0.783 bits per heavy atom. The average Bonchev–Trinajstić information content (AvgIpc) is 3.06. The second-order valence-corrected chi connectivity index (χ2v) is 14.5. The number of rotatable bonds is 14. The second-order valence-electron chi connectivity index (χ2n) is 11.7. The molecular formula is C37H42BrN3O4S. The summed E-state index contributed by atoms with van der Waals surface area (Å²) >= 11 is 3.47. The summed E-state index contributed by atoms with van der Waals surface area (Å²) in [5, 5.41) is 3.07. The lowest BCUT2D eigenvalue weighted by Crippen LogP contribution is -2.54. The summed E-state index contributed by atoms with van der Waals surface area (Å²) < 4.78 is 30.3. The number of carbonyl (C=O) groups excluding carboxylic acids is 2. The van der Waals surface area contributed by atoms with Gasteiger partial charge in [-0.3, -0.25) is 13.9 Å². The molecule has 1 N–H and O–H groups in total. The van der Waals surface area contributed by atoms with Crippen molar-refractivity contribution in [1.29, 1.82) is 0 Å². The van der Waals surface area contributed by atoms with Gasteiger partial charge in [-0.2, -0.15) is 0 Å². The average molecular weight is 705 g/mol. The second kappa shape index (κ2) is 16.1. The number of halogens is 1. The fraction of sp³-hybridized carbons (Fsp3) is 0.297. The molecular weight excluding hydrogens is 662 g/mol. The Kier molecular flexibility index (Phi) is 12.2. The van der Waals surface area contributed by atoms with E-state index in [1.807, 2.05) is 80.6 Å². The standard InChI is InChI=1S/C37H42BrN3O4S/c1-5-28(4)39-37(43)35(24-29-12-8-6-9-13-29)40(25-30-16-20-32(38)21-17-30)36(42)26-41(33-22-18-31(19-23-33)27(2)3)46(44,45)34-14-10-7-11-15-34/h6-23,27-28,35H,5,24-26H2,1-4H3,(H,39,43)/t28-,35-/m1/s1. The van der Waals surface area contributed by atoms with Gasteiger partial charge >= 0.3 is 0 Å². The molecule has 9 heteroatoms. The number of nitrogens with zero attached hydrogens (tertiary/aromatic N) is 2. The van der Waals surface area contributed by atoms with Gasteiger partial charge in [0.1, 0.15) is 12.6 Å². The van der Waals surface area contributed by atoms with Gasteiger partial charge in [-0.15, -0.1) is 0 Å². The fourth-order valence-electron chi connectivity index (χ4n) is 5.06. The molecule has 0 fully saturated rings. The van der Waals surface area contributed by atoms with Gasteiger partial charge in [0.2, 0.25) is 11.8 Å². The third-order valence-corrected chi connectivity index (χ3v) is 10.3. The van der Waals surface area contributed by atoms with Crippen molar-refractivity contribution >= 4 is 43.5 Å². The molecule has 0 saturated carbocycles. The zero-order valence-electron chi connectivity index (χ0n) is 26.8. The highest BCUT2D eigenvalue weighted by atomic mass is 79.9. The van der Waals surface area contributed by atoms with Gasteiger partial charge in [0, 0.05) is 23.5 Å². The molecule has 4 aromatic carbocycles. The van der Waals surface area contributed by atoms with E-state index in [1.165, 1.54) is 17.0 Å². The van der Waals surface area contributed by atoms with Crippen LogP contribution in [0.5, 0.6) is 0 Å². The van der Waals surface area contributed by atoms with Crippen LogP contribution < -0.4 is 9.62 Å². The molecule has 2 atom stereocenters. The van der Waals surface area contributed by atoms with E-state index in [2.05, 4.69) is 35.1 Å². The summed E-state index contributed by atoms with van der Waals surface area (Å²) in [6.07, 6.45) is 0.986. The van der Waals surface area contributed by atoms with Crippen molar-refractivity contribution in [1.82, 2.24) is 10.2 Å². The number of amides is 2. The number of carbonyl (C=O) groups is 2. The first-order valence-electron chi connectivity index (χ1n) is 15.6. The Morgan fingerprint density at radius 3 is 1.93 bits per heavy atom. The summed E-state index contributed by atoms with van der Waals surface area (Å²) in [5.74, 6) is -0.531. The monoisotopic (exact) mass is 703 g/mol. The number of hydrogen-bond acceptors (Lipinski definition) is 4. The Hall–Kier alpha value is -3.95. The van der Waals surface area contributed by atoms with E-state index in [9.17, 15) is 18.0 Å². The summed E-state index contributed by atoms with van der Waals surface area (Å²) in [4.78, 5) is 30.1. The molecule has 0 aliphatic rings. The van der Waals surface area contributed by atoms with Crippen LogP contribution in [0.1, 0.15) is 56.7 Å². The van der Waals surface area contributed by atoms with Gasteiger partial charge in [0.25, 0.3) is 10.0 Å². The Bertz CT molecular complexity index is 1680. The first-order valence-corrected chi connectivity index (χ1v) is 17.8. The van der Waals surface area contributed by atoms with Crippen LogP contribution in [0.2, 0.25) is 0 Å². The fourth-order valence-corrected chi connectivity index (χ4v) is 6.76. The highest BCUT2D eigenvalue weighted by Gasteiger charge is 2.35. The Morgan fingerprint density at radius 2 is 1.37 bits per heavy atom. The maximum atomic E-state index is 14.6. The molecule has 4 aromatic rings. The predicted octanol–water partition coefficient (Wildman–Crippen LogP) is 7.32. The highest BCUT2D eigenvalue weighted by Crippen LogP contribution is 2.27. The predicted molar refractivity (Wildman–Crippen MR) is 188 cm³/mol. The Labute approximate surface area is 281 Å². The zero-order chi connectivity index (χ0) is 33.3. The van der Waals surface area contributed by atoms with Gasteiger partial charge in [0.05, 0.1) is 10.6 Å². The molecule has 0 bridgehead atoms. The molecule has 0 saturated heterocycles. The molecule has 0 aliphatic carbocycles. The molecule has 0 radical (unpaired) electrons. The van der Waals surface area contributed by atoms with Gasteiger partial charge < -0.3 is 10.2 Å². The van der Waals surface area contributed by atoms with E-state index in [-0.39, 0.29) is 35.7 Å². The van der Waals surface area contributed by atoms with Gasteiger partial charge in [-0.05, 0) is 72.4 Å². The van der Waals surface area contributed by atoms with E-state index in [0.29, 0.717) is 5.69 Å². The van der Waals surface area contributed by atoms with Crippen LogP contribution >= 0.6 is 15.9 Å². The van der Waals surface area contributed by atoms with Crippen LogP contribution in [0.15, 0.2) is 119 Å². The molecule has 2 amide bonds. The summed E-state index contributed by atoms with van der Waals surface area (Å²) in [7, 11) is -4.14. The van der Waals surface area contributed by atoms with E-state index in [0.717, 1.165) is 31.9 Å². The first-order chi connectivity index (χ1) is 22.0. The van der Waals surface area contributed by atoms with Gasteiger partial charge in [-0.25, -0.2) is 8.42 Å². The summed E-state index contributed by atoms with van der Waals surface area (Å²) in [5.41, 5.74) is 3.12. The maximum absolute atomic E-state index is 14.6.